The summed E-state index contributed by atoms with van der Waals surface area (Å²) in [6, 6.07) is -0.882. The molecule has 8 nitrogen and oxygen atoms in total. The molecule has 0 spiro atoms. The van der Waals surface area contributed by atoms with Crippen LogP contribution in [0.4, 0.5) is 0 Å². The normalized spacial score (nSPS) is 13.7. The SMILES string of the molecule is CCCCCCCCCCCCC/C=C/C(O)C(COP(=O)([O-])OCC[N+](C)(C)C)NC(=O)CCCCCCCCCCCCCCCCCCCCCCCCCCCCCCCCCCCCCCCCCCC. The lowest BCUT2D eigenvalue weighted by atomic mass is 10.0. The first-order valence-electron chi connectivity index (χ1n) is 34.1. The van der Waals surface area contributed by atoms with E-state index in [1.54, 1.807) is 6.08 Å². The number of aliphatic hydroxyl groups is 1. The van der Waals surface area contributed by atoms with Gasteiger partial charge in [-0.25, -0.2) is 0 Å². The minimum Gasteiger partial charge on any atom is -0.756 e. The number of phosphoric acid groups is 1. The van der Waals surface area contributed by atoms with Gasteiger partial charge in [0, 0.05) is 6.42 Å². The van der Waals surface area contributed by atoms with Crippen LogP contribution in [0.5, 0.6) is 0 Å². The van der Waals surface area contributed by atoms with Crippen LogP contribution in [0.1, 0.15) is 361 Å². The van der Waals surface area contributed by atoms with Gasteiger partial charge >= 0.3 is 0 Å². The number of aliphatic hydroxyl groups excluding tert-OH is 1. The van der Waals surface area contributed by atoms with Crippen molar-refractivity contribution in [1.82, 2.24) is 5.32 Å². The van der Waals surface area contributed by atoms with Crippen LogP contribution < -0.4 is 10.2 Å². The second kappa shape index (κ2) is 58.9. The van der Waals surface area contributed by atoms with Gasteiger partial charge in [0.05, 0.1) is 39.9 Å². The Morgan fingerprint density at radius 1 is 0.447 bits per heavy atom. The first-order valence-corrected chi connectivity index (χ1v) is 35.5. The maximum Gasteiger partial charge on any atom is 0.268 e. The van der Waals surface area contributed by atoms with Gasteiger partial charge in [0.1, 0.15) is 13.2 Å². The van der Waals surface area contributed by atoms with Gasteiger partial charge in [0.25, 0.3) is 7.82 Å². The van der Waals surface area contributed by atoms with Crippen LogP contribution in [0.2, 0.25) is 0 Å². The quantitative estimate of drug-likeness (QED) is 0.0272. The third-order valence-electron chi connectivity index (χ3n) is 16.0. The highest BCUT2D eigenvalue weighted by Crippen LogP contribution is 2.38. The van der Waals surface area contributed by atoms with E-state index in [0.717, 1.165) is 38.5 Å². The number of phosphoric ester groups is 1. The van der Waals surface area contributed by atoms with Crippen molar-refractivity contribution in [3.8, 4) is 0 Å². The van der Waals surface area contributed by atoms with Crippen LogP contribution >= 0.6 is 7.82 Å². The van der Waals surface area contributed by atoms with Crippen LogP contribution in [0.15, 0.2) is 12.2 Å². The lowest BCUT2D eigenvalue weighted by molar-refractivity contribution is -0.870. The van der Waals surface area contributed by atoms with Crippen molar-refractivity contribution in [2.45, 2.75) is 373 Å². The van der Waals surface area contributed by atoms with Crippen molar-refractivity contribution >= 4 is 13.7 Å². The molecule has 0 aliphatic rings. The van der Waals surface area contributed by atoms with Crippen molar-refractivity contribution in [2.75, 3.05) is 40.9 Å². The number of likely N-dealkylation sites (N-methyl/N-ethyl adjacent to an activating group) is 1. The van der Waals surface area contributed by atoms with Gasteiger partial charge < -0.3 is 28.8 Å². The Kier molecular flexibility index (Phi) is 58.3. The van der Waals surface area contributed by atoms with E-state index < -0.39 is 20.0 Å². The molecule has 0 saturated heterocycles. The van der Waals surface area contributed by atoms with Gasteiger partial charge in [-0.2, -0.15) is 0 Å². The summed E-state index contributed by atoms with van der Waals surface area (Å²) in [5.74, 6) is -0.190. The molecular weight excluding hydrogens is 960 g/mol. The van der Waals surface area contributed by atoms with Gasteiger partial charge in [0.2, 0.25) is 5.91 Å². The lowest BCUT2D eigenvalue weighted by Crippen LogP contribution is -2.45. The Bertz CT molecular complexity index is 1240. The third kappa shape index (κ3) is 60.9. The summed E-state index contributed by atoms with van der Waals surface area (Å²) < 4.78 is 23.3. The standard InChI is InChI=1S/C67H135N2O6P/c1-6-8-10-12-14-16-18-20-21-22-23-24-25-26-27-28-29-30-31-32-33-34-35-36-37-38-39-40-41-42-43-44-45-46-47-49-51-53-55-57-59-61-67(71)68-65(64-75-76(72,73)74-63-62-69(3,4)5)66(70)60-58-56-54-52-50-48-19-17-15-13-11-9-7-2/h58,60,65-66,70H,6-57,59,61-64H2,1-5H3,(H-,68,71,72,73)/b60-58+. The summed E-state index contributed by atoms with van der Waals surface area (Å²) in [4.78, 5) is 25.5. The van der Waals surface area contributed by atoms with Crippen LogP contribution in [-0.4, -0.2) is 68.5 Å². The highest BCUT2D eigenvalue weighted by molar-refractivity contribution is 7.45. The van der Waals surface area contributed by atoms with Gasteiger partial charge in [-0.3, -0.25) is 9.36 Å². The molecule has 0 aliphatic carbocycles. The number of hydrogen-bond donors (Lipinski definition) is 2. The van der Waals surface area contributed by atoms with E-state index in [1.807, 2.05) is 27.2 Å². The Labute approximate surface area is 475 Å². The van der Waals surface area contributed by atoms with Crippen LogP contribution in [-0.2, 0) is 18.4 Å². The zero-order valence-corrected chi connectivity index (χ0v) is 52.9. The minimum absolute atomic E-state index is 0.00250. The second-order valence-electron chi connectivity index (χ2n) is 24.9. The molecule has 3 unspecified atom stereocenters. The average Bonchev–Trinajstić information content (AvgIpc) is 3.38. The topological polar surface area (TPSA) is 108 Å². The van der Waals surface area contributed by atoms with Gasteiger partial charge in [-0.15, -0.1) is 0 Å². The summed E-state index contributed by atoms with van der Waals surface area (Å²) in [7, 11) is 1.28. The van der Waals surface area contributed by atoms with Crippen LogP contribution in [0, 0.1) is 0 Å². The lowest BCUT2D eigenvalue weighted by Gasteiger charge is -2.29. The fraction of sp³-hybridized carbons (Fsp3) is 0.955. The Balaban J connectivity index is 3.78. The van der Waals surface area contributed by atoms with Crippen molar-refractivity contribution in [1.29, 1.82) is 0 Å². The molecule has 0 aromatic carbocycles. The second-order valence-corrected chi connectivity index (χ2v) is 26.3. The molecule has 0 rings (SSSR count). The summed E-state index contributed by atoms with van der Waals surface area (Å²) in [5, 5.41) is 13.9. The Morgan fingerprint density at radius 2 is 0.711 bits per heavy atom. The van der Waals surface area contributed by atoms with E-state index in [4.69, 9.17) is 9.05 Å². The number of quaternary nitrogens is 1. The summed E-state index contributed by atoms with van der Waals surface area (Å²) in [6.45, 7) is 4.69. The van der Waals surface area contributed by atoms with Gasteiger partial charge in [-0.05, 0) is 19.3 Å². The van der Waals surface area contributed by atoms with E-state index >= 15 is 0 Å². The molecule has 76 heavy (non-hydrogen) atoms. The monoisotopic (exact) mass is 1100 g/mol. The van der Waals surface area contributed by atoms with Crippen molar-refractivity contribution in [3.63, 3.8) is 0 Å². The third-order valence-corrected chi connectivity index (χ3v) is 17.0. The van der Waals surface area contributed by atoms with E-state index in [0.29, 0.717) is 17.4 Å². The number of allylic oxidation sites excluding steroid dienone is 1. The zero-order valence-electron chi connectivity index (χ0n) is 52.0. The van der Waals surface area contributed by atoms with E-state index in [-0.39, 0.29) is 19.1 Å². The maximum atomic E-state index is 13.0. The molecule has 0 radical (unpaired) electrons. The first-order chi connectivity index (χ1) is 37.0. The molecule has 454 valence electrons. The molecule has 3 atom stereocenters. The molecule has 9 heteroatoms. The highest BCUT2D eigenvalue weighted by Gasteiger charge is 2.23. The molecule has 0 aromatic rings. The fourth-order valence-corrected chi connectivity index (χ4v) is 11.4. The Hall–Kier alpha value is -0.760. The summed E-state index contributed by atoms with van der Waals surface area (Å²) in [6.07, 6.45) is 75.0. The van der Waals surface area contributed by atoms with Crippen LogP contribution in [0.25, 0.3) is 0 Å². The Morgan fingerprint density at radius 3 is 0.987 bits per heavy atom. The minimum atomic E-state index is -4.59. The van der Waals surface area contributed by atoms with E-state index in [2.05, 4.69) is 19.2 Å². The number of nitrogens with one attached hydrogen (secondary N) is 1. The number of carbonyl (C=O) groups excluding carboxylic acids is 1. The maximum absolute atomic E-state index is 13.0. The van der Waals surface area contributed by atoms with Crippen molar-refractivity contribution in [2.24, 2.45) is 0 Å². The average molecular weight is 1100 g/mol. The molecular formula is C67H135N2O6P. The molecule has 0 saturated carbocycles. The summed E-state index contributed by atoms with van der Waals surface area (Å²) >= 11 is 0. The summed E-state index contributed by atoms with van der Waals surface area (Å²) in [5.41, 5.74) is 0. The number of nitrogens with zero attached hydrogens (tertiary/aromatic N) is 1. The smallest absolute Gasteiger partial charge is 0.268 e. The number of rotatable bonds is 64. The van der Waals surface area contributed by atoms with Crippen molar-refractivity contribution < 1.29 is 32.9 Å². The van der Waals surface area contributed by atoms with Crippen molar-refractivity contribution in [3.05, 3.63) is 12.2 Å². The van der Waals surface area contributed by atoms with E-state index in [1.165, 1.54) is 302 Å². The van der Waals surface area contributed by atoms with E-state index in [9.17, 15) is 19.4 Å². The first kappa shape index (κ1) is 75.2. The molecule has 0 aromatic heterocycles. The predicted octanol–water partition coefficient (Wildman–Crippen LogP) is 20.7. The van der Waals surface area contributed by atoms with Crippen LogP contribution in [0.3, 0.4) is 0 Å². The van der Waals surface area contributed by atoms with Gasteiger partial charge in [0.15, 0.2) is 0 Å². The number of amides is 1. The largest absolute Gasteiger partial charge is 0.756 e. The fourth-order valence-electron chi connectivity index (χ4n) is 10.7. The number of unbranched alkanes of at least 4 members (excludes halogenated alkanes) is 51. The molecule has 0 aliphatic heterocycles. The predicted molar refractivity (Wildman–Crippen MR) is 330 cm³/mol. The number of carbonyl (C=O) groups is 1. The molecule has 1 amide bonds. The molecule has 0 heterocycles. The molecule has 0 fully saturated rings. The highest BCUT2D eigenvalue weighted by atomic mass is 31.2. The molecule has 2 N–H and O–H groups in total. The molecule has 0 bridgehead atoms. The van der Waals surface area contributed by atoms with Gasteiger partial charge in [-0.1, -0.05) is 347 Å². The zero-order chi connectivity index (χ0) is 55.6. The number of hydrogen-bond acceptors (Lipinski definition) is 6.